The SMILES string of the molecule is Cc1cc(F)ccc1OCc1cccc(C#CCO)c1. The van der Waals surface area contributed by atoms with Crippen molar-refractivity contribution < 1.29 is 14.2 Å². The second kappa shape index (κ2) is 6.74. The summed E-state index contributed by atoms with van der Waals surface area (Å²) in [4.78, 5) is 0. The van der Waals surface area contributed by atoms with Crippen LogP contribution in [-0.4, -0.2) is 11.7 Å². The minimum absolute atomic E-state index is 0.157. The molecule has 3 heteroatoms. The van der Waals surface area contributed by atoms with E-state index < -0.39 is 0 Å². The Morgan fingerprint density at radius 1 is 1.20 bits per heavy atom. The van der Waals surface area contributed by atoms with Crippen molar-refractivity contribution in [2.75, 3.05) is 6.61 Å². The minimum atomic E-state index is -0.267. The highest BCUT2D eigenvalue weighted by Gasteiger charge is 2.02. The van der Waals surface area contributed by atoms with E-state index in [-0.39, 0.29) is 12.4 Å². The molecule has 2 aromatic rings. The average molecular weight is 270 g/mol. The maximum Gasteiger partial charge on any atom is 0.123 e. The van der Waals surface area contributed by atoms with Crippen LogP contribution in [0.2, 0.25) is 0 Å². The largest absolute Gasteiger partial charge is 0.489 e. The predicted molar refractivity (Wildman–Crippen MR) is 75.9 cm³/mol. The topological polar surface area (TPSA) is 29.5 Å². The first-order valence-electron chi connectivity index (χ1n) is 6.26. The fourth-order valence-corrected chi connectivity index (χ4v) is 1.82. The second-order valence-electron chi connectivity index (χ2n) is 4.36. The van der Waals surface area contributed by atoms with E-state index in [1.54, 1.807) is 6.07 Å². The lowest BCUT2D eigenvalue weighted by Gasteiger charge is -2.09. The molecule has 102 valence electrons. The van der Waals surface area contributed by atoms with Gasteiger partial charge in [-0.15, -0.1) is 0 Å². The number of aliphatic hydroxyl groups excluding tert-OH is 1. The minimum Gasteiger partial charge on any atom is -0.489 e. The lowest BCUT2D eigenvalue weighted by Crippen LogP contribution is -1.97. The number of rotatable bonds is 3. The summed E-state index contributed by atoms with van der Waals surface area (Å²) >= 11 is 0. The van der Waals surface area contributed by atoms with Crippen molar-refractivity contribution in [3.8, 4) is 17.6 Å². The number of hydrogen-bond donors (Lipinski definition) is 1. The summed E-state index contributed by atoms with van der Waals surface area (Å²) in [5.41, 5.74) is 2.57. The summed E-state index contributed by atoms with van der Waals surface area (Å²) in [5.74, 6) is 5.85. The number of hydrogen-bond acceptors (Lipinski definition) is 2. The molecule has 0 radical (unpaired) electrons. The van der Waals surface area contributed by atoms with E-state index in [0.29, 0.717) is 12.4 Å². The first kappa shape index (κ1) is 14.1. The first-order valence-corrected chi connectivity index (χ1v) is 6.26. The fraction of sp³-hybridized carbons (Fsp3) is 0.176. The quantitative estimate of drug-likeness (QED) is 0.869. The molecule has 2 aromatic carbocycles. The molecule has 0 bridgehead atoms. The molecule has 0 aliphatic heterocycles. The van der Waals surface area contributed by atoms with E-state index in [9.17, 15) is 4.39 Å². The van der Waals surface area contributed by atoms with Gasteiger partial charge in [-0.1, -0.05) is 24.0 Å². The third kappa shape index (κ3) is 3.84. The highest BCUT2D eigenvalue weighted by Crippen LogP contribution is 2.19. The Morgan fingerprint density at radius 2 is 2.05 bits per heavy atom. The number of aryl methyl sites for hydroxylation is 1. The van der Waals surface area contributed by atoms with Gasteiger partial charge in [0.2, 0.25) is 0 Å². The van der Waals surface area contributed by atoms with Gasteiger partial charge >= 0.3 is 0 Å². The molecule has 2 nitrogen and oxygen atoms in total. The second-order valence-corrected chi connectivity index (χ2v) is 4.36. The molecule has 0 unspecified atom stereocenters. The molecule has 0 amide bonds. The van der Waals surface area contributed by atoms with Gasteiger partial charge in [0.1, 0.15) is 24.8 Å². The molecule has 0 atom stereocenters. The van der Waals surface area contributed by atoms with Gasteiger partial charge in [0.05, 0.1) is 0 Å². The molecule has 0 spiro atoms. The van der Waals surface area contributed by atoms with E-state index >= 15 is 0 Å². The molecule has 0 saturated heterocycles. The van der Waals surface area contributed by atoms with Crippen molar-refractivity contribution in [2.45, 2.75) is 13.5 Å². The van der Waals surface area contributed by atoms with Crippen LogP contribution >= 0.6 is 0 Å². The van der Waals surface area contributed by atoms with Crippen LogP contribution in [0.3, 0.4) is 0 Å². The molecule has 20 heavy (non-hydrogen) atoms. The monoisotopic (exact) mass is 270 g/mol. The van der Waals surface area contributed by atoms with Crippen molar-refractivity contribution in [3.05, 3.63) is 65.0 Å². The third-order valence-corrected chi connectivity index (χ3v) is 2.77. The third-order valence-electron chi connectivity index (χ3n) is 2.77. The Hall–Kier alpha value is -2.31. The number of ether oxygens (including phenoxy) is 1. The molecule has 0 heterocycles. The summed E-state index contributed by atoms with van der Waals surface area (Å²) in [5, 5.41) is 8.67. The predicted octanol–water partition coefficient (Wildman–Crippen LogP) is 3.06. The van der Waals surface area contributed by atoms with Crippen molar-refractivity contribution in [1.29, 1.82) is 0 Å². The Labute approximate surface area is 117 Å². The van der Waals surface area contributed by atoms with Crippen molar-refractivity contribution >= 4 is 0 Å². The molecule has 0 aliphatic carbocycles. The summed E-state index contributed by atoms with van der Waals surface area (Å²) in [6.45, 7) is 2.04. The Balaban J connectivity index is 2.07. The maximum absolute atomic E-state index is 13.0. The zero-order chi connectivity index (χ0) is 14.4. The van der Waals surface area contributed by atoms with Crippen LogP contribution in [0.15, 0.2) is 42.5 Å². The molecule has 0 aliphatic rings. The average Bonchev–Trinajstić information content (AvgIpc) is 2.45. The normalized spacial score (nSPS) is 9.75. The Kier molecular flexibility index (Phi) is 4.75. The molecule has 0 saturated carbocycles. The standard InChI is InChI=1S/C17H15FO2/c1-13-10-16(18)7-8-17(13)20-12-15-5-2-4-14(11-15)6-3-9-19/h2,4-5,7-8,10-11,19H,9,12H2,1H3. The number of halogens is 1. The summed E-state index contributed by atoms with van der Waals surface area (Å²) < 4.78 is 18.7. The molecule has 0 aromatic heterocycles. The van der Waals surface area contributed by atoms with Crippen LogP contribution in [0.1, 0.15) is 16.7 Å². The zero-order valence-corrected chi connectivity index (χ0v) is 11.2. The molecule has 1 N–H and O–H groups in total. The maximum atomic E-state index is 13.0. The fourth-order valence-electron chi connectivity index (χ4n) is 1.82. The number of aliphatic hydroxyl groups is 1. The summed E-state index contributed by atoms with van der Waals surface area (Å²) in [6, 6.07) is 12.0. The van der Waals surface area contributed by atoms with E-state index in [2.05, 4.69) is 11.8 Å². The van der Waals surface area contributed by atoms with Gasteiger partial charge in [0.15, 0.2) is 0 Å². The van der Waals surface area contributed by atoms with Gasteiger partial charge in [0, 0.05) is 5.56 Å². The van der Waals surface area contributed by atoms with Crippen molar-refractivity contribution in [3.63, 3.8) is 0 Å². The van der Waals surface area contributed by atoms with Gasteiger partial charge in [0.25, 0.3) is 0 Å². The van der Waals surface area contributed by atoms with E-state index in [1.807, 2.05) is 31.2 Å². The van der Waals surface area contributed by atoms with E-state index in [0.717, 1.165) is 16.7 Å². The van der Waals surface area contributed by atoms with Crippen LogP contribution in [-0.2, 0) is 6.61 Å². The molecule has 2 rings (SSSR count). The lowest BCUT2D eigenvalue weighted by atomic mass is 10.1. The number of benzene rings is 2. The Morgan fingerprint density at radius 3 is 2.80 bits per heavy atom. The highest BCUT2D eigenvalue weighted by molar-refractivity contribution is 5.37. The van der Waals surface area contributed by atoms with Gasteiger partial charge in [-0.3, -0.25) is 0 Å². The van der Waals surface area contributed by atoms with Gasteiger partial charge in [-0.2, -0.15) is 0 Å². The van der Waals surface area contributed by atoms with Crippen LogP contribution < -0.4 is 4.74 Å². The smallest absolute Gasteiger partial charge is 0.123 e. The summed E-state index contributed by atoms with van der Waals surface area (Å²) in [6.07, 6.45) is 0. The molecular weight excluding hydrogens is 255 g/mol. The summed E-state index contributed by atoms with van der Waals surface area (Å²) in [7, 11) is 0. The molecule has 0 fully saturated rings. The van der Waals surface area contributed by atoms with Gasteiger partial charge < -0.3 is 9.84 Å². The zero-order valence-electron chi connectivity index (χ0n) is 11.2. The first-order chi connectivity index (χ1) is 9.69. The molecular formula is C17H15FO2. The van der Waals surface area contributed by atoms with Crippen molar-refractivity contribution in [1.82, 2.24) is 0 Å². The van der Waals surface area contributed by atoms with Gasteiger partial charge in [-0.25, -0.2) is 4.39 Å². The van der Waals surface area contributed by atoms with E-state index in [1.165, 1.54) is 12.1 Å². The van der Waals surface area contributed by atoms with Crippen molar-refractivity contribution in [2.24, 2.45) is 0 Å². The van der Waals surface area contributed by atoms with Crippen LogP contribution in [0.5, 0.6) is 5.75 Å². The van der Waals surface area contributed by atoms with Crippen LogP contribution in [0, 0.1) is 24.6 Å². The van der Waals surface area contributed by atoms with Gasteiger partial charge in [-0.05, 0) is 48.4 Å². The van der Waals surface area contributed by atoms with Crippen LogP contribution in [0.25, 0.3) is 0 Å². The highest BCUT2D eigenvalue weighted by atomic mass is 19.1. The van der Waals surface area contributed by atoms with Crippen LogP contribution in [0.4, 0.5) is 4.39 Å². The van der Waals surface area contributed by atoms with E-state index in [4.69, 9.17) is 9.84 Å². The lowest BCUT2D eigenvalue weighted by molar-refractivity contribution is 0.303. The Bertz CT molecular complexity index is 654.